The largest absolute Gasteiger partial charge is 0.493 e. The molecule has 1 aliphatic rings. The molecule has 2 atom stereocenters. The van der Waals surface area contributed by atoms with E-state index in [0.717, 1.165) is 32.4 Å². The molecule has 0 spiro atoms. The van der Waals surface area contributed by atoms with Crippen molar-refractivity contribution in [3.8, 4) is 11.5 Å². The number of hydrogen-bond donors (Lipinski definition) is 2. The van der Waals surface area contributed by atoms with Crippen molar-refractivity contribution < 1.29 is 14.3 Å². The Morgan fingerprint density at radius 1 is 1.38 bits per heavy atom. The first-order chi connectivity index (χ1) is 11.2. The summed E-state index contributed by atoms with van der Waals surface area (Å²) < 4.78 is 11.1. The predicted octanol–water partition coefficient (Wildman–Crippen LogP) is 3.02. The maximum Gasteiger partial charge on any atom is 0.251 e. The zero-order valence-corrected chi connectivity index (χ0v) is 15.6. The number of carbonyl (C=O) groups is 1. The van der Waals surface area contributed by atoms with Gasteiger partial charge in [-0.2, -0.15) is 0 Å². The van der Waals surface area contributed by atoms with Gasteiger partial charge in [-0.3, -0.25) is 4.79 Å². The molecule has 2 rings (SSSR count). The summed E-state index contributed by atoms with van der Waals surface area (Å²) in [5.41, 5.74) is 0.600. The Morgan fingerprint density at radius 3 is 2.83 bits per heavy atom. The molecule has 5 nitrogen and oxygen atoms in total. The van der Waals surface area contributed by atoms with Crippen LogP contribution in [0.3, 0.4) is 0 Å². The second-order valence-corrected chi connectivity index (χ2v) is 6.12. The van der Waals surface area contributed by atoms with Crippen LogP contribution in [0.25, 0.3) is 0 Å². The predicted molar refractivity (Wildman–Crippen MR) is 98.5 cm³/mol. The van der Waals surface area contributed by atoms with E-state index in [0.29, 0.717) is 29.6 Å². The molecule has 0 aliphatic carbocycles. The van der Waals surface area contributed by atoms with Crippen LogP contribution in [-0.4, -0.2) is 38.8 Å². The number of nitrogens with one attached hydrogen (secondary N) is 2. The van der Waals surface area contributed by atoms with Crippen LogP contribution in [0.15, 0.2) is 18.2 Å². The van der Waals surface area contributed by atoms with E-state index >= 15 is 0 Å². The number of benzene rings is 1. The minimum atomic E-state index is -0.0658. The molecule has 2 N–H and O–H groups in total. The van der Waals surface area contributed by atoms with Crippen molar-refractivity contribution in [2.24, 2.45) is 5.92 Å². The highest BCUT2D eigenvalue weighted by Crippen LogP contribution is 2.28. The van der Waals surface area contributed by atoms with E-state index in [9.17, 15) is 4.79 Å². The van der Waals surface area contributed by atoms with E-state index in [1.807, 2.05) is 6.07 Å². The molecule has 0 saturated carbocycles. The van der Waals surface area contributed by atoms with Gasteiger partial charge in [0.15, 0.2) is 11.5 Å². The quantitative estimate of drug-likeness (QED) is 0.737. The lowest BCUT2D eigenvalue weighted by atomic mass is 9.94. The highest BCUT2D eigenvalue weighted by molar-refractivity contribution is 5.95. The molecule has 1 aliphatic heterocycles. The van der Waals surface area contributed by atoms with Gasteiger partial charge in [-0.25, -0.2) is 0 Å². The van der Waals surface area contributed by atoms with E-state index in [4.69, 9.17) is 9.47 Å². The van der Waals surface area contributed by atoms with Crippen molar-refractivity contribution in [3.63, 3.8) is 0 Å². The SMILES string of the molecule is CCCCOc1ccc(C(=O)NC2CNCCC2C)cc1OC.Cl. The lowest BCUT2D eigenvalue weighted by Crippen LogP contribution is -2.50. The first-order valence-corrected chi connectivity index (χ1v) is 8.48. The fourth-order valence-electron chi connectivity index (χ4n) is 2.69. The molecule has 1 saturated heterocycles. The van der Waals surface area contributed by atoms with Gasteiger partial charge in [0.1, 0.15) is 0 Å². The van der Waals surface area contributed by atoms with Crippen molar-refractivity contribution in [2.75, 3.05) is 26.8 Å². The molecule has 6 heteroatoms. The normalized spacial score (nSPS) is 20.0. The fourth-order valence-corrected chi connectivity index (χ4v) is 2.69. The molecule has 1 aromatic carbocycles. The number of rotatable bonds is 7. The molecule has 0 radical (unpaired) electrons. The summed E-state index contributed by atoms with van der Waals surface area (Å²) >= 11 is 0. The van der Waals surface area contributed by atoms with Crippen LogP contribution in [-0.2, 0) is 0 Å². The standard InChI is InChI=1S/C18H28N2O3.ClH/c1-4-5-10-23-16-7-6-14(11-17(16)22-3)18(21)20-15-12-19-9-8-13(15)2;/h6-7,11,13,15,19H,4-5,8-10,12H2,1-3H3,(H,20,21);1H. The molecule has 2 unspecified atom stereocenters. The monoisotopic (exact) mass is 356 g/mol. The number of carbonyl (C=O) groups excluding carboxylic acids is 1. The molecule has 0 bridgehead atoms. The lowest BCUT2D eigenvalue weighted by molar-refractivity contribution is 0.0915. The van der Waals surface area contributed by atoms with Gasteiger partial charge in [-0.15, -0.1) is 12.4 Å². The van der Waals surface area contributed by atoms with Gasteiger partial charge in [0.25, 0.3) is 5.91 Å². The third-order valence-electron chi connectivity index (χ3n) is 4.33. The van der Waals surface area contributed by atoms with Crippen LogP contribution in [0.4, 0.5) is 0 Å². The second kappa shape index (κ2) is 10.4. The third-order valence-corrected chi connectivity index (χ3v) is 4.33. The highest BCUT2D eigenvalue weighted by Gasteiger charge is 2.23. The first kappa shape index (κ1) is 20.6. The Bertz CT molecular complexity index is 525. The van der Waals surface area contributed by atoms with E-state index in [1.54, 1.807) is 19.2 Å². The second-order valence-electron chi connectivity index (χ2n) is 6.12. The van der Waals surface area contributed by atoms with E-state index in [1.165, 1.54) is 0 Å². The summed E-state index contributed by atoms with van der Waals surface area (Å²) in [5, 5.41) is 6.43. The van der Waals surface area contributed by atoms with Crippen molar-refractivity contribution >= 4 is 18.3 Å². The maximum absolute atomic E-state index is 12.5. The molecular weight excluding hydrogens is 328 g/mol. The number of piperidine rings is 1. The fraction of sp³-hybridized carbons (Fsp3) is 0.611. The van der Waals surface area contributed by atoms with Gasteiger partial charge < -0.3 is 20.1 Å². The number of amides is 1. The summed E-state index contributed by atoms with van der Waals surface area (Å²) in [7, 11) is 1.59. The van der Waals surface area contributed by atoms with Gasteiger partial charge >= 0.3 is 0 Å². The van der Waals surface area contributed by atoms with Gasteiger partial charge in [0.2, 0.25) is 0 Å². The van der Waals surface area contributed by atoms with Gasteiger partial charge in [-0.05, 0) is 43.5 Å². The Balaban J connectivity index is 0.00000288. The number of methoxy groups -OCH3 is 1. The lowest BCUT2D eigenvalue weighted by Gasteiger charge is -2.30. The summed E-state index contributed by atoms with van der Waals surface area (Å²) in [4.78, 5) is 12.5. The average molecular weight is 357 g/mol. The van der Waals surface area contributed by atoms with Gasteiger partial charge in [-0.1, -0.05) is 20.3 Å². The van der Waals surface area contributed by atoms with E-state index < -0.39 is 0 Å². The van der Waals surface area contributed by atoms with E-state index in [2.05, 4.69) is 24.5 Å². The smallest absolute Gasteiger partial charge is 0.251 e. The summed E-state index contributed by atoms with van der Waals surface area (Å²) in [5.74, 6) is 1.71. The van der Waals surface area contributed by atoms with Crippen LogP contribution in [0.1, 0.15) is 43.5 Å². The van der Waals surface area contributed by atoms with Crippen LogP contribution < -0.4 is 20.1 Å². The van der Waals surface area contributed by atoms with Crippen LogP contribution in [0, 0.1) is 5.92 Å². The highest BCUT2D eigenvalue weighted by atomic mass is 35.5. The summed E-state index contributed by atoms with van der Waals surface area (Å²) in [6.07, 6.45) is 3.16. The molecule has 1 fully saturated rings. The van der Waals surface area contributed by atoms with Crippen molar-refractivity contribution in [2.45, 2.75) is 39.2 Å². The molecule has 0 aromatic heterocycles. The zero-order chi connectivity index (χ0) is 16.7. The molecule has 1 amide bonds. The van der Waals surface area contributed by atoms with E-state index in [-0.39, 0.29) is 24.4 Å². The Labute approximate surface area is 150 Å². The topological polar surface area (TPSA) is 59.6 Å². The Morgan fingerprint density at radius 2 is 2.17 bits per heavy atom. The van der Waals surface area contributed by atoms with Crippen molar-refractivity contribution in [1.29, 1.82) is 0 Å². The van der Waals surface area contributed by atoms with Crippen LogP contribution in [0.2, 0.25) is 0 Å². The summed E-state index contributed by atoms with van der Waals surface area (Å²) in [6.45, 7) is 6.79. The zero-order valence-electron chi connectivity index (χ0n) is 14.8. The first-order valence-electron chi connectivity index (χ1n) is 8.48. The molecule has 1 heterocycles. The van der Waals surface area contributed by atoms with Crippen molar-refractivity contribution in [3.05, 3.63) is 23.8 Å². The van der Waals surface area contributed by atoms with Gasteiger partial charge in [0.05, 0.1) is 13.7 Å². The molecular formula is C18H29ClN2O3. The average Bonchev–Trinajstić information content (AvgIpc) is 2.57. The number of ether oxygens (including phenoxy) is 2. The molecule has 136 valence electrons. The minimum Gasteiger partial charge on any atom is -0.493 e. The number of halogens is 1. The molecule has 24 heavy (non-hydrogen) atoms. The van der Waals surface area contributed by atoms with Crippen LogP contribution >= 0.6 is 12.4 Å². The summed E-state index contributed by atoms with van der Waals surface area (Å²) in [6, 6.07) is 5.52. The van der Waals surface area contributed by atoms with Crippen molar-refractivity contribution in [1.82, 2.24) is 10.6 Å². The van der Waals surface area contributed by atoms with Gasteiger partial charge in [0, 0.05) is 18.2 Å². The minimum absolute atomic E-state index is 0. The molecule has 1 aromatic rings. The number of hydrogen-bond acceptors (Lipinski definition) is 4. The number of unbranched alkanes of at least 4 members (excludes halogenated alkanes) is 1. The van der Waals surface area contributed by atoms with Crippen LogP contribution in [0.5, 0.6) is 11.5 Å². The Kier molecular flexibility index (Phi) is 8.93. The Hall–Kier alpha value is -1.46. The third kappa shape index (κ3) is 5.56. The maximum atomic E-state index is 12.5.